The second kappa shape index (κ2) is 6.97. The van der Waals surface area contributed by atoms with Crippen LogP contribution in [0.1, 0.15) is 33.6 Å². The van der Waals surface area contributed by atoms with E-state index in [-0.39, 0.29) is 5.91 Å². The summed E-state index contributed by atoms with van der Waals surface area (Å²) >= 11 is 0. The second-order valence-corrected chi connectivity index (χ2v) is 5.05. The van der Waals surface area contributed by atoms with Gasteiger partial charge in [0.1, 0.15) is 0 Å². The Balaban J connectivity index is 2.41. The molecule has 0 bridgehead atoms. The standard InChI is InChI=1S/C13H27N3O/c1-4-15(5-2)12-6-7-16(10-12)13(17)8-11(3)9-14/h11-12H,4-10,14H2,1-3H3. The zero-order chi connectivity index (χ0) is 12.8. The van der Waals surface area contributed by atoms with E-state index < -0.39 is 0 Å². The van der Waals surface area contributed by atoms with Gasteiger partial charge in [-0.1, -0.05) is 20.8 Å². The van der Waals surface area contributed by atoms with Gasteiger partial charge < -0.3 is 10.6 Å². The molecule has 1 rings (SSSR count). The molecule has 0 aromatic carbocycles. The van der Waals surface area contributed by atoms with Gasteiger partial charge in [-0.05, 0) is 32.0 Å². The van der Waals surface area contributed by atoms with Crippen LogP contribution in [0.5, 0.6) is 0 Å². The van der Waals surface area contributed by atoms with Crippen LogP contribution in [-0.2, 0) is 4.79 Å². The SMILES string of the molecule is CCN(CC)C1CCN(C(=O)CC(C)CN)C1. The smallest absolute Gasteiger partial charge is 0.222 e. The predicted molar refractivity (Wildman–Crippen MR) is 70.7 cm³/mol. The fourth-order valence-electron chi connectivity index (χ4n) is 2.52. The molecular weight excluding hydrogens is 214 g/mol. The topological polar surface area (TPSA) is 49.6 Å². The molecule has 2 N–H and O–H groups in total. The fraction of sp³-hybridized carbons (Fsp3) is 0.923. The van der Waals surface area contributed by atoms with E-state index in [0.29, 0.717) is 24.9 Å². The van der Waals surface area contributed by atoms with Gasteiger partial charge in [0, 0.05) is 25.6 Å². The van der Waals surface area contributed by atoms with E-state index in [4.69, 9.17) is 5.73 Å². The fourth-order valence-corrected chi connectivity index (χ4v) is 2.52. The predicted octanol–water partition coefficient (Wildman–Crippen LogP) is 0.914. The molecule has 2 atom stereocenters. The van der Waals surface area contributed by atoms with Crippen LogP contribution in [-0.4, -0.2) is 54.5 Å². The van der Waals surface area contributed by atoms with Gasteiger partial charge in [-0.15, -0.1) is 0 Å². The van der Waals surface area contributed by atoms with Crippen LogP contribution in [0.4, 0.5) is 0 Å². The Labute approximate surface area is 105 Å². The van der Waals surface area contributed by atoms with Crippen LogP contribution in [0.3, 0.4) is 0 Å². The molecule has 4 heteroatoms. The molecule has 4 nitrogen and oxygen atoms in total. The molecule has 0 aromatic rings. The highest BCUT2D eigenvalue weighted by atomic mass is 16.2. The zero-order valence-corrected chi connectivity index (χ0v) is 11.5. The van der Waals surface area contributed by atoms with Crippen molar-refractivity contribution in [2.45, 2.75) is 39.7 Å². The van der Waals surface area contributed by atoms with Crippen molar-refractivity contribution in [1.82, 2.24) is 9.80 Å². The third-order valence-corrected chi connectivity index (χ3v) is 3.77. The van der Waals surface area contributed by atoms with E-state index >= 15 is 0 Å². The molecule has 1 heterocycles. The van der Waals surface area contributed by atoms with E-state index in [2.05, 4.69) is 18.7 Å². The van der Waals surface area contributed by atoms with E-state index in [1.807, 2.05) is 11.8 Å². The third-order valence-electron chi connectivity index (χ3n) is 3.77. The molecule has 1 fully saturated rings. The van der Waals surface area contributed by atoms with Crippen LogP contribution >= 0.6 is 0 Å². The molecular formula is C13H27N3O. The number of carbonyl (C=O) groups excluding carboxylic acids is 1. The first-order valence-electron chi connectivity index (χ1n) is 6.84. The van der Waals surface area contributed by atoms with E-state index in [9.17, 15) is 4.79 Å². The van der Waals surface area contributed by atoms with Crippen LogP contribution in [0.25, 0.3) is 0 Å². The molecule has 17 heavy (non-hydrogen) atoms. The van der Waals surface area contributed by atoms with Crippen molar-refractivity contribution < 1.29 is 4.79 Å². The first kappa shape index (κ1) is 14.5. The normalized spacial score (nSPS) is 22.2. The quantitative estimate of drug-likeness (QED) is 0.752. The Morgan fingerprint density at radius 1 is 1.47 bits per heavy atom. The molecule has 1 amide bonds. The minimum Gasteiger partial charge on any atom is -0.341 e. The molecule has 0 aliphatic carbocycles. The van der Waals surface area contributed by atoms with Gasteiger partial charge in [-0.2, -0.15) is 0 Å². The lowest BCUT2D eigenvalue weighted by molar-refractivity contribution is -0.131. The van der Waals surface area contributed by atoms with Gasteiger partial charge in [-0.3, -0.25) is 9.69 Å². The highest BCUT2D eigenvalue weighted by Crippen LogP contribution is 2.17. The number of nitrogens with two attached hydrogens (primary N) is 1. The number of hydrogen-bond donors (Lipinski definition) is 1. The molecule has 0 spiro atoms. The number of rotatable bonds is 6. The van der Waals surface area contributed by atoms with Gasteiger partial charge in [-0.25, -0.2) is 0 Å². The minimum atomic E-state index is 0.276. The first-order valence-corrected chi connectivity index (χ1v) is 6.84. The molecule has 1 aliphatic heterocycles. The Kier molecular flexibility index (Phi) is 5.92. The summed E-state index contributed by atoms with van der Waals surface area (Å²) in [5, 5.41) is 0. The van der Waals surface area contributed by atoms with Crippen molar-refractivity contribution in [3.8, 4) is 0 Å². The van der Waals surface area contributed by atoms with Gasteiger partial charge in [0.05, 0.1) is 0 Å². The van der Waals surface area contributed by atoms with E-state index in [1.165, 1.54) is 0 Å². The van der Waals surface area contributed by atoms with Crippen molar-refractivity contribution in [2.24, 2.45) is 11.7 Å². The highest BCUT2D eigenvalue weighted by Gasteiger charge is 2.29. The summed E-state index contributed by atoms with van der Waals surface area (Å²) in [5.74, 6) is 0.576. The van der Waals surface area contributed by atoms with Gasteiger partial charge in [0.2, 0.25) is 5.91 Å². The van der Waals surface area contributed by atoms with Crippen LogP contribution < -0.4 is 5.73 Å². The molecule has 2 unspecified atom stereocenters. The van der Waals surface area contributed by atoms with Crippen molar-refractivity contribution in [1.29, 1.82) is 0 Å². The number of hydrogen-bond acceptors (Lipinski definition) is 3. The summed E-state index contributed by atoms with van der Waals surface area (Å²) in [6.45, 7) is 11.0. The first-order chi connectivity index (χ1) is 8.12. The maximum Gasteiger partial charge on any atom is 0.222 e. The van der Waals surface area contributed by atoms with E-state index in [0.717, 1.165) is 32.6 Å². The van der Waals surface area contributed by atoms with Gasteiger partial charge in [0.25, 0.3) is 0 Å². The van der Waals surface area contributed by atoms with Gasteiger partial charge >= 0.3 is 0 Å². The Hall–Kier alpha value is -0.610. The average molecular weight is 241 g/mol. The molecule has 1 saturated heterocycles. The van der Waals surface area contributed by atoms with Crippen LogP contribution in [0.2, 0.25) is 0 Å². The number of nitrogens with zero attached hydrogens (tertiary/aromatic N) is 2. The van der Waals surface area contributed by atoms with Gasteiger partial charge in [0.15, 0.2) is 0 Å². The molecule has 100 valence electrons. The lowest BCUT2D eigenvalue weighted by Crippen LogP contribution is -2.39. The molecule has 0 radical (unpaired) electrons. The summed E-state index contributed by atoms with van der Waals surface area (Å²) in [5.41, 5.74) is 5.56. The Morgan fingerprint density at radius 3 is 2.65 bits per heavy atom. The minimum absolute atomic E-state index is 0.276. The summed E-state index contributed by atoms with van der Waals surface area (Å²) in [7, 11) is 0. The molecule has 1 aliphatic rings. The zero-order valence-electron chi connectivity index (χ0n) is 11.5. The Bertz CT molecular complexity index is 241. The average Bonchev–Trinajstić information content (AvgIpc) is 2.80. The third kappa shape index (κ3) is 3.96. The number of likely N-dealkylation sites (tertiary alicyclic amines) is 1. The largest absolute Gasteiger partial charge is 0.341 e. The van der Waals surface area contributed by atoms with Crippen molar-refractivity contribution in [3.63, 3.8) is 0 Å². The lowest BCUT2D eigenvalue weighted by atomic mass is 10.1. The van der Waals surface area contributed by atoms with Crippen LogP contribution in [0, 0.1) is 5.92 Å². The number of carbonyl (C=O) groups is 1. The van der Waals surface area contributed by atoms with Crippen molar-refractivity contribution in [2.75, 3.05) is 32.7 Å². The maximum atomic E-state index is 12.0. The summed E-state index contributed by atoms with van der Waals surface area (Å²) < 4.78 is 0. The monoisotopic (exact) mass is 241 g/mol. The highest BCUT2D eigenvalue weighted by molar-refractivity contribution is 5.76. The summed E-state index contributed by atoms with van der Waals surface area (Å²) in [6.07, 6.45) is 1.71. The van der Waals surface area contributed by atoms with Crippen molar-refractivity contribution >= 4 is 5.91 Å². The van der Waals surface area contributed by atoms with E-state index in [1.54, 1.807) is 0 Å². The summed E-state index contributed by atoms with van der Waals surface area (Å²) in [4.78, 5) is 16.5. The molecule has 0 saturated carbocycles. The number of likely N-dealkylation sites (N-methyl/N-ethyl adjacent to an activating group) is 1. The number of amides is 1. The summed E-state index contributed by atoms with van der Waals surface area (Å²) in [6, 6.07) is 0.558. The van der Waals surface area contributed by atoms with Crippen LogP contribution in [0.15, 0.2) is 0 Å². The second-order valence-electron chi connectivity index (χ2n) is 5.05. The Morgan fingerprint density at radius 2 is 2.12 bits per heavy atom. The van der Waals surface area contributed by atoms with Crippen molar-refractivity contribution in [3.05, 3.63) is 0 Å². The maximum absolute atomic E-state index is 12.0. The molecule has 0 aromatic heterocycles. The lowest BCUT2D eigenvalue weighted by Gasteiger charge is -2.26.